The molecule has 0 spiro atoms. The minimum absolute atomic E-state index is 0.0326. The summed E-state index contributed by atoms with van der Waals surface area (Å²) < 4.78 is 0. The molecule has 0 heterocycles. The lowest BCUT2D eigenvalue weighted by Gasteiger charge is -2.26. The molecule has 0 aromatic heterocycles. The number of aliphatic hydroxyl groups is 2. The highest BCUT2D eigenvalue weighted by atomic mass is 16.4. The van der Waals surface area contributed by atoms with Crippen molar-refractivity contribution in [1.82, 2.24) is 16.0 Å². The smallest absolute Gasteiger partial charge is 0.326 e. The second-order valence-electron chi connectivity index (χ2n) is 6.86. The Kier molecular flexibility index (Phi) is 12.9. The first-order valence-electron chi connectivity index (χ1n) is 9.54. The van der Waals surface area contributed by atoms with Crippen molar-refractivity contribution in [3.8, 4) is 0 Å². The predicted octanol–water partition coefficient (Wildman–Crippen LogP) is -4.17. The Morgan fingerprint density at radius 3 is 1.94 bits per heavy atom. The van der Waals surface area contributed by atoms with Crippen LogP contribution >= 0.6 is 0 Å². The maximum atomic E-state index is 12.6. The summed E-state index contributed by atoms with van der Waals surface area (Å²) >= 11 is 0. The standard InChI is InChI=1S/C17H31N5O9/c1-8(24)13(22-14(27)9(19)7-23)16(29)20-10(4-2-3-5-18)15(28)21-11(17(30)31)6-12(25)26/h8-11,13,23-24H,2-7,18-19H2,1H3,(H,20,29)(H,21,28)(H,22,27)(H,25,26)(H,30,31). The van der Waals surface area contributed by atoms with Crippen LogP contribution in [0, 0.1) is 0 Å². The van der Waals surface area contributed by atoms with Gasteiger partial charge in [-0.2, -0.15) is 0 Å². The first kappa shape index (κ1) is 28.2. The van der Waals surface area contributed by atoms with Crippen molar-refractivity contribution in [2.45, 2.75) is 62.9 Å². The van der Waals surface area contributed by atoms with Crippen LogP contribution in [-0.4, -0.2) is 93.5 Å². The zero-order valence-corrected chi connectivity index (χ0v) is 17.1. The highest BCUT2D eigenvalue weighted by Crippen LogP contribution is 2.05. The Hall–Kier alpha value is -2.81. The second-order valence-corrected chi connectivity index (χ2v) is 6.86. The van der Waals surface area contributed by atoms with Crippen LogP contribution in [0.25, 0.3) is 0 Å². The van der Waals surface area contributed by atoms with Crippen LogP contribution in [0.3, 0.4) is 0 Å². The fourth-order valence-corrected chi connectivity index (χ4v) is 2.42. The zero-order valence-electron chi connectivity index (χ0n) is 17.1. The molecule has 0 aromatic carbocycles. The van der Waals surface area contributed by atoms with E-state index in [1.165, 1.54) is 6.92 Å². The van der Waals surface area contributed by atoms with Gasteiger partial charge < -0.3 is 47.8 Å². The number of hydrogen-bond donors (Lipinski definition) is 9. The molecule has 3 amide bonds. The maximum Gasteiger partial charge on any atom is 0.326 e. The molecule has 0 saturated carbocycles. The van der Waals surface area contributed by atoms with Crippen molar-refractivity contribution in [3.63, 3.8) is 0 Å². The van der Waals surface area contributed by atoms with E-state index in [2.05, 4.69) is 10.6 Å². The quantitative estimate of drug-likeness (QED) is 0.108. The minimum atomic E-state index is -1.73. The van der Waals surface area contributed by atoms with Crippen molar-refractivity contribution in [2.24, 2.45) is 11.5 Å². The topological polar surface area (TPSA) is 254 Å². The normalized spacial score (nSPS) is 15.6. The van der Waals surface area contributed by atoms with E-state index in [9.17, 15) is 29.1 Å². The molecular formula is C17H31N5O9. The number of nitrogens with two attached hydrogens (primary N) is 2. The van der Waals surface area contributed by atoms with Crippen LogP contribution in [0.1, 0.15) is 32.6 Å². The third kappa shape index (κ3) is 10.7. The summed E-state index contributed by atoms with van der Waals surface area (Å²) in [5, 5.41) is 43.1. The van der Waals surface area contributed by atoms with Gasteiger partial charge in [0.25, 0.3) is 0 Å². The Morgan fingerprint density at radius 2 is 1.48 bits per heavy atom. The number of aliphatic hydroxyl groups excluding tert-OH is 2. The van der Waals surface area contributed by atoms with Gasteiger partial charge in [0.1, 0.15) is 24.2 Å². The number of carbonyl (C=O) groups excluding carboxylic acids is 3. The van der Waals surface area contributed by atoms with Crippen LogP contribution < -0.4 is 27.4 Å². The molecule has 0 radical (unpaired) electrons. The second kappa shape index (κ2) is 14.2. The van der Waals surface area contributed by atoms with E-state index in [1.807, 2.05) is 5.32 Å². The summed E-state index contributed by atoms with van der Waals surface area (Å²) in [5.74, 6) is -5.86. The molecule has 11 N–H and O–H groups in total. The number of rotatable bonds is 15. The lowest BCUT2D eigenvalue weighted by molar-refractivity contribution is -0.147. The first-order chi connectivity index (χ1) is 14.4. The van der Waals surface area contributed by atoms with Gasteiger partial charge in [-0.3, -0.25) is 19.2 Å². The van der Waals surface area contributed by atoms with Crippen LogP contribution in [0.4, 0.5) is 0 Å². The van der Waals surface area contributed by atoms with E-state index >= 15 is 0 Å². The van der Waals surface area contributed by atoms with Gasteiger partial charge in [-0.15, -0.1) is 0 Å². The van der Waals surface area contributed by atoms with Gasteiger partial charge in [0, 0.05) is 0 Å². The molecule has 178 valence electrons. The van der Waals surface area contributed by atoms with Gasteiger partial charge in [-0.05, 0) is 32.7 Å². The summed E-state index contributed by atoms with van der Waals surface area (Å²) in [6.45, 7) is 0.792. The van der Waals surface area contributed by atoms with Crippen molar-refractivity contribution in [1.29, 1.82) is 0 Å². The van der Waals surface area contributed by atoms with Gasteiger partial charge in [-0.25, -0.2) is 4.79 Å². The predicted molar refractivity (Wildman–Crippen MR) is 105 cm³/mol. The number of amides is 3. The monoisotopic (exact) mass is 449 g/mol. The Labute approximate surface area is 178 Å². The number of hydrogen-bond acceptors (Lipinski definition) is 9. The summed E-state index contributed by atoms with van der Waals surface area (Å²) in [6.07, 6.45) is -1.40. The van der Waals surface area contributed by atoms with Gasteiger partial charge >= 0.3 is 11.9 Å². The van der Waals surface area contributed by atoms with E-state index in [0.717, 1.165) is 0 Å². The first-order valence-corrected chi connectivity index (χ1v) is 9.54. The van der Waals surface area contributed by atoms with Crippen LogP contribution in [0.5, 0.6) is 0 Å². The molecular weight excluding hydrogens is 418 g/mol. The number of aliphatic carboxylic acids is 2. The zero-order chi connectivity index (χ0) is 24.1. The van der Waals surface area contributed by atoms with E-state index < -0.39 is 73.0 Å². The average molecular weight is 449 g/mol. The molecule has 0 fully saturated rings. The number of unbranched alkanes of at least 4 members (excludes halogenated alkanes) is 1. The highest BCUT2D eigenvalue weighted by molar-refractivity contribution is 5.94. The molecule has 14 heteroatoms. The summed E-state index contributed by atoms with van der Waals surface area (Å²) in [4.78, 5) is 58.9. The van der Waals surface area contributed by atoms with Crippen molar-refractivity contribution in [2.75, 3.05) is 13.2 Å². The molecule has 0 aliphatic rings. The third-order valence-corrected chi connectivity index (χ3v) is 4.17. The summed E-state index contributed by atoms with van der Waals surface area (Å²) in [7, 11) is 0. The van der Waals surface area contributed by atoms with Crippen LogP contribution in [0.15, 0.2) is 0 Å². The Morgan fingerprint density at radius 1 is 0.903 bits per heavy atom. The number of carboxylic acids is 2. The SMILES string of the molecule is CC(O)C(NC(=O)C(N)CO)C(=O)NC(CCCCN)C(=O)NC(CC(=O)O)C(=O)O. The molecule has 14 nitrogen and oxygen atoms in total. The van der Waals surface area contributed by atoms with Crippen LogP contribution in [0.2, 0.25) is 0 Å². The van der Waals surface area contributed by atoms with Crippen molar-refractivity contribution in [3.05, 3.63) is 0 Å². The lowest BCUT2D eigenvalue weighted by atomic mass is 10.1. The third-order valence-electron chi connectivity index (χ3n) is 4.17. The Balaban J connectivity index is 5.42. The van der Waals surface area contributed by atoms with E-state index in [-0.39, 0.29) is 6.42 Å². The van der Waals surface area contributed by atoms with Gasteiger partial charge in [0.15, 0.2) is 0 Å². The van der Waals surface area contributed by atoms with E-state index in [0.29, 0.717) is 19.4 Å². The highest BCUT2D eigenvalue weighted by Gasteiger charge is 2.32. The fourth-order valence-electron chi connectivity index (χ4n) is 2.42. The van der Waals surface area contributed by atoms with Crippen molar-refractivity contribution < 1.29 is 44.4 Å². The molecule has 0 saturated heterocycles. The molecule has 0 bridgehead atoms. The van der Waals surface area contributed by atoms with Gasteiger partial charge in [-0.1, -0.05) is 0 Å². The number of carbonyl (C=O) groups is 5. The van der Waals surface area contributed by atoms with Crippen molar-refractivity contribution >= 4 is 29.7 Å². The average Bonchev–Trinajstić information content (AvgIpc) is 2.68. The maximum absolute atomic E-state index is 12.6. The van der Waals surface area contributed by atoms with Gasteiger partial charge in [0.05, 0.1) is 19.1 Å². The molecule has 0 rings (SSSR count). The summed E-state index contributed by atoms with van der Waals surface area (Å²) in [5.41, 5.74) is 10.8. The molecule has 5 atom stereocenters. The molecule has 5 unspecified atom stereocenters. The molecule has 0 aliphatic heterocycles. The largest absolute Gasteiger partial charge is 0.481 e. The number of carboxylic acid groups (broad SMARTS) is 2. The number of nitrogens with one attached hydrogen (secondary N) is 3. The molecule has 31 heavy (non-hydrogen) atoms. The lowest BCUT2D eigenvalue weighted by Crippen LogP contribution is -2.60. The van der Waals surface area contributed by atoms with Crippen LogP contribution in [-0.2, 0) is 24.0 Å². The minimum Gasteiger partial charge on any atom is -0.481 e. The fraction of sp³-hybridized carbons (Fsp3) is 0.706. The van der Waals surface area contributed by atoms with E-state index in [1.54, 1.807) is 0 Å². The molecule has 0 aliphatic carbocycles. The summed E-state index contributed by atoms with van der Waals surface area (Å²) in [6, 6.07) is -5.89. The Bertz CT molecular complexity index is 643. The van der Waals surface area contributed by atoms with Gasteiger partial charge in [0.2, 0.25) is 17.7 Å². The van der Waals surface area contributed by atoms with E-state index in [4.69, 9.17) is 26.8 Å². The molecule has 0 aromatic rings.